The van der Waals surface area contributed by atoms with Gasteiger partial charge < -0.3 is 5.32 Å². The third kappa shape index (κ3) is 4.96. The van der Waals surface area contributed by atoms with Gasteiger partial charge in [0.15, 0.2) is 9.84 Å². The number of hydrogen-bond donors (Lipinski definition) is 1. The van der Waals surface area contributed by atoms with E-state index in [1.54, 1.807) is 37.4 Å². The second-order valence-electron chi connectivity index (χ2n) is 6.34. The molecule has 28 heavy (non-hydrogen) atoms. The lowest BCUT2D eigenvalue weighted by molar-refractivity contribution is -0.115. The van der Waals surface area contributed by atoms with Gasteiger partial charge in [-0.1, -0.05) is 66.7 Å². The Balaban J connectivity index is 1.73. The number of rotatable bonds is 6. The molecule has 0 fully saturated rings. The number of amides is 1. The SMILES string of the molecule is CNC(=O)/C=C/c1ccc(S(=O)(=O)Cc2ccc(-c3ccccc3)cc2)cc1. The highest BCUT2D eigenvalue weighted by molar-refractivity contribution is 7.90. The van der Waals surface area contributed by atoms with Crippen LogP contribution >= 0.6 is 0 Å². The summed E-state index contributed by atoms with van der Waals surface area (Å²) in [5.74, 6) is -0.272. The maximum atomic E-state index is 12.7. The van der Waals surface area contributed by atoms with E-state index >= 15 is 0 Å². The fourth-order valence-electron chi connectivity index (χ4n) is 2.77. The van der Waals surface area contributed by atoms with Gasteiger partial charge in [0.1, 0.15) is 0 Å². The van der Waals surface area contributed by atoms with E-state index in [9.17, 15) is 13.2 Å². The number of sulfone groups is 1. The van der Waals surface area contributed by atoms with Gasteiger partial charge in [0.2, 0.25) is 5.91 Å². The van der Waals surface area contributed by atoms with Crippen LogP contribution in [0.4, 0.5) is 0 Å². The normalized spacial score (nSPS) is 11.5. The summed E-state index contributed by atoms with van der Waals surface area (Å²) >= 11 is 0. The smallest absolute Gasteiger partial charge is 0.243 e. The summed E-state index contributed by atoms with van der Waals surface area (Å²) in [6.45, 7) is 0. The molecule has 0 atom stereocenters. The van der Waals surface area contributed by atoms with Crippen molar-refractivity contribution in [3.8, 4) is 11.1 Å². The summed E-state index contributed by atoms with van der Waals surface area (Å²) in [5.41, 5.74) is 3.64. The van der Waals surface area contributed by atoms with Crippen LogP contribution in [-0.4, -0.2) is 21.4 Å². The van der Waals surface area contributed by atoms with Gasteiger partial charge in [-0.3, -0.25) is 4.79 Å². The Morgan fingerprint density at radius 2 is 1.46 bits per heavy atom. The van der Waals surface area contributed by atoms with Crippen LogP contribution in [-0.2, 0) is 20.4 Å². The summed E-state index contributed by atoms with van der Waals surface area (Å²) < 4.78 is 25.4. The van der Waals surface area contributed by atoms with E-state index in [-0.39, 0.29) is 16.6 Å². The lowest BCUT2D eigenvalue weighted by atomic mass is 10.0. The Labute approximate surface area is 165 Å². The minimum Gasteiger partial charge on any atom is -0.356 e. The molecule has 0 spiro atoms. The van der Waals surface area contributed by atoms with Gasteiger partial charge in [-0.25, -0.2) is 8.42 Å². The number of carbonyl (C=O) groups is 1. The van der Waals surface area contributed by atoms with Crippen LogP contribution in [0, 0.1) is 0 Å². The highest BCUT2D eigenvalue weighted by Crippen LogP contribution is 2.22. The van der Waals surface area contributed by atoms with Crippen molar-refractivity contribution in [1.29, 1.82) is 0 Å². The van der Waals surface area contributed by atoms with E-state index < -0.39 is 9.84 Å². The highest BCUT2D eigenvalue weighted by Gasteiger charge is 2.15. The van der Waals surface area contributed by atoms with E-state index in [1.165, 1.54) is 6.08 Å². The number of benzene rings is 3. The molecule has 0 radical (unpaired) electrons. The zero-order valence-electron chi connectivity index (χ0n) is 15.5. The van der Waals surface area contributed by atoms with Crippen molar-refractivity contribution < 1.29 is 13.2 Å². The van der Waals surface area contributed by atoms with E-state index in [1.807, 2.05) is 54.6 Å². The average Bonchev–Trinajstić information content (AvgIpc) is 2.73. The summed E-state index contributed by atoms with van der Waals surface area (Å²) in [5, 5.41) is 2.49. The zero-order valence-corrected chi connectivity index (χ0v) is 16.3. The molecule has 4 nitrogen and oxygen atoms in total. The molecule has 142 valence electrons. The third-order valence-electron chi connectivity index (χ3n) is 4.33. The second-order valence-corrected chi connectivity index (χ2v) is 8.33. The van der Waals surface area contributed by atoms with Gasteiger partial charge in [0.05, 0.1) is 10.6 Å². The summed E-state index contributed by atoms with van der Waals surface area (Å²) in [6.07, 6.45) is 3.04. The van der Waals surface area contributed by atoms with Crippen molar-refractivity contribution in [2.75, 3.05) is 7.05 Å². The predicted octanol–water partition coefficient (Wildman–Crippen LogP) is 4.09. The molecular weight excluding hydrogens is 370 g/mol. The Morgan fingerprint density at radius 3 is 2.07 bits per heavy atom. The topological polar surface area (TPSA) is 63.2 Å². The Hall–Kier alpha value is -3.18. The van der Waals surface area contributed by atoms with Crippen molar-refractivity contribution >= 4 is 21.8 Å². The van der Waals surface area contributed by atoms with E-state index in [2.05, 4.69) is 5.32 Å². The highest BCUT2D eigenvalue weighted by atomic mass is 32.2. The number of likely N-dealkylation sites (N-methyl/N-ethyl adjacent to an activating group) is 1. The van der Waals surface area contributed by atoms with Gasteiger partial charge in [-0.05, 0) is 40.5 Å². The molecule has 1 amide bonds. The molecular formula is C23H21NO3S. The molecule has 0 aliphatic rings. The number of hydrogen-bond acceptors (Lipinski definition) is 3. The molecule has 0 unspecified atom stereocenters. The van der Waals surface area contributed by atoms with E-state index in [0.29, 0.717) is 0 Å². The summed E-state index contributed by atoms with van der Waals surface area (Å²) in [4.78, 5) is 11.5. The van der Waals surface area contributed by atoms with Crippen molar-refractivity contribution in [2.45, 2.75) is 10.6 Å². The maximum absolute atomic E-state index is 12.7. The minimum absolute atomic E-state index is 0.0600. The summed E-state index contributed by atoms with van der Waals surface area (Å²) in [7, 11) is -1.90. The Morgan fingerprint density at radius 1 is 0.857 bits per heavy atom. The number of carbonyl (C=O) groups excluding carboxylic acids is 1. The molecule has 3 rings (SSSR count). The minimum atomic E-state index is -3.45. The van der Waals surface area contributed by atoms with Crippen LogP contribution in [0.3, 0.4) is 0 Å². The molecule has 1 N–H and O–H groups in total. The predicted molar refractivity (Wildman–Crippen MR) is 112 cm³/mol. The van der Waals surface area contributed by atoms with Crippen LogP contribution in [0.5, 0.6) is 0 Å². The second kappa shape index (κ2) is 8.67. The quantitative estimate of drug-likeness (QED) is 0.644. The molecule has 0 bridgehead atoms. The Bertz CT molecular complexity index is 1070. The van der Waals surface area contributed by atoms with Gasteiger partial charge in [0, 0.05) is 13.1 Å². The van der Waals surface area contributed by atoms with E-state index in [4.69, 9.17) is 0 Å². The van der Waals surface area contributed by atoms with Crippen molar-refractivity contribution in [1.82, 2.24) is 5.32 Å². The molecule has 0 aliphatic heterocycles. The first-order valence-corrected chi connectivity index (χ1v) is 10.5. The van der Waals surface area contributed by atoms with Crippen LogP contribution < -0.4 is 5.32 Å². The summed E-state index contributed by atoms with van der Waals surface area (Å²) in [6, 6.07) is 24.0. The fourth-order valence-corrected chi connectivity index (χ4v) is 4.12. The molecule has 0 heterocycles. The molecule has 0 saturated heterocycles. The number of nitrogens with one attached hydrogen (secondary N) is 1. The maximum Gasteiger partial charge on any atom is 0.243 e. The molecule has 5 heteroatoms. The first-order chi connectivity index (χ1) is 13.5. The molecule has 0 aromatic heterocycles. The third-order valence-corrected chi connectivity index (χ3v) is 6.03. The molecule has 0 aliphatic carbocycles. The lowest BCUT2D eigenvalue weighted by Gasteiger charge is -2.07. The zero-order chi connectivity index (χ0) is 20.0. The van der Waals surface area contributed by atoms with Crippen LogP contribution in [0.25, 0.3) is 17.2 Å². The van der Waals surface area contributed by atoms with Gasteiger partial charge in [0.25, 0.3) is 0 Å². The van der Waals surface area contributed by atoms with Gasteiger partial charge in [-0.2, -0.15) is 0 Å². The standard InChI is InChI=1S/C23H21NO3S/c1-24-23(25)16-11-18-9-14-22(15-10-18)28(26,27)17-19-7-12-21(13-8-19)20-5-3-2-4-6-20/h2-16H,17H2,1H3,(H,24,25)/b16-11+. The van der Waals surface area contributed by atoms with Gasteiger partial charge >= 0.3 is 0 Å². The van der Waals surface area contributed by atoms with Crippen LogP contribution in [0.1, 0.15) is 11.1 Å². The molecule has 0 saturated carbocycles. The average molecular weight is 391 g/mol. The van der Waals surface area contributed by atoms with Crippen LogP contribution in [0.15, 0.2) is 89.8 Å². The van der Waals surface area contributed by atoms with E-state index in [0.717, 1.165) is 22.3 Å². The fraction of sp³-hybridized carbons (Fsp3) is 0.0870. The van der Waals surface area contributed by atoms with Crippen molar-refractivity contribution in [2.24, 2.45) is 0 Å². The molecule has 3 aromatic carbocycles. The molecule has 3 aromatic rings. The largest absolute Gasteiger partial charge is 0.356 e. The van der Waals surface area contributed by atoms with Crippen LogP contribution in [0.2, 0.25) is 0 Å². The Kier molecular flexibility index (Phi) is 6.06. The lowest BCUT2D eigenvalue weighted by Crippen LogP contribution is -2.13. The van der Waals surface area contributed by atoms with Crippen molar-refractivity contribution in [3.63, 3.8) is 0 Å². The first kappa shape index (κ1) is 19.6. The first-order valence-electron chi connectivity index (χ1n) is 8.85. The van der Waals surface area contributed by atoms with Crippen molar-refractivity contribution in [3.05, 3.63) is 96.1 Å². The van der Waals surface area contributed by atoms with Gasteiger partial charge in [-0.15, -0.1) is 0 Å². The monoisotopic (exact) mass is 391 g/mol.